The normalized spacial score (nSPS) is 11.4. The minimum Gasteiger partial charge on any atom is -0.403 e. The predicted molar refractivity (Wildman–Crippen MR) is 125 cm³/mol. The first-order valence-electron chi connectivity index (χ1n) is 10.5. The molecule has 6 rings (SSSR count). The number of rotatable bonds is 5. The molecule has 5 aromatic carbocycles. The molecule has 0 radical (unpaired) electrons. The largest absolute Gasteiger partial charge is 0.403 e. The summed E-state index contributed by atoms with van der Waals surface area (Å²) in [6.07, 6.45) is 5.08. The monoisotopic (exact) mass is 415 g/mol. The summed E-state index contributed by atoms with van der Waals surface area (Å²) in [5.74, 6) is 1.28. The maximum absolute atomic E-state index is 12.8. The zero-order valence-corrected chi connectivity index (χ0v) is 17.2. The molecule has 1 heterocycles. The van der Waals surface area contributed by atoms with Gasteiger partial charge in [0.2, 0.25) is 12.3 Å². The molecule has 0 atom stereocenters. The molecule has 0 unspecified atom stereocenters. The summed E-state index contributed by atoms with van der Waals surface area (Å²) in [7, 11) is 0. The average molecular weight is 415 g/mol. The highest BCUT2D eigenvalue weighted by molar-refractivity contribution is 6.24. The predicted octanol–water partition coefficient (Wildman–Crippen LogP) is 5.94. The zero-order chi connectivity index (χ0) is 21.5. The number of hydrogen-bond acceptors (Lipinski definition) is 3. The lowest BCUT2D eigenvalue weighted by molar-refractivity contribution is -0.687. The third-order valence-corrected chi connectivity index (χ3v) is 5.91. The van der Waals surface area contributed by atoms with Crippen molar-refractivity contribution in [3.05, 3.63) is 109 Å². The van der Waals surface area contributed by atoms with E-state index in [1.54, 1.807) is 23.2 Å². The van der Waals surface area contributed by atoms with Gasteiger partial charge in [-0.1, -0.05) is 72.8 Å². The molecule has 0 aliphatic carbocycles. The molecular formula is C28H19N2O2+. The molecule has 1 aromatic heterocycles. The van der Waals surface area contributed by atoms with Crippen molar-refractivity contribution in [3.63, 3.8) is 0 Å². The van der Waals surface area contributed by atoms with E-state index in [0.29, 0.717) is 11.4 Å². The van der Waals surface area contributed by atoms with Gasteiger partial charge in [0.15, 0.2) is 6.20 Å². The van der Waals surface area contributed by atoms with Crippen molar-refractivity contribution in [1.82, 2.24) is 4.98 Å². The van der Waals surface area contributed by atoms with E-state index in [4.69, 9.17) is 4.74 Å². The number of Topliss-reactive ketones (excluding diaryl/α,β-unsaturated/α-hetero) is 1. The summed E-state index contributed by atoms with van der Waals surface area (Å²) in [5, 5.41) is 7.07. The fourth-order valence-electron chi connectivity index (χ4n) is 4.37. The number of carbonyl (C=O) groups excluding carboxylic acids is 1. The summed E-state index contributed by atoms with van der Waals surface area (Å²) < 4.78 is 8.14. The molecule has 0 saturated heterocycles. The molecule has 0 fully saturated rings. The standard InChI is InChI=1S/C28H19N2O2/c31-24(19-5-2-1-3-6-19)18-30-16-15-29-17-26(30)32-25-14-12-22-10-9-20-7-4-8-21-11-13-23(25)28(22)27(20)21/h1-17H,18H2/q+1. The summed E-state index contributed by atoms with van der Waals surface area (Å²) in [6.45, 7) is 0.174. The molecule has 0 bridgehead atoms. The van der Waals surface area contributed by atoms with Crippen LogP contribution < -0.4 is 9.30 Å². The number of nitrogens with zero attached hydrogens (tertiary/aromatic N) is 2. The van der Waals surface area contributed by atoms with Gasteiger partial charge in [-0.25, -0.2) is 4.98 Å². The Labute approximate surface area is 184 Å². The van der Waals surface area contributed by atoms with Gasteiger partial charge in [0.25, 0.3) is 0 Å². The second-order valence-corrected chi connectivity index (χ2v) is 7.85. The van der Waals surface area contributed by atoms with Crippen molar-refractivity contribution in [2.75, 3.05) is 0 Å². The molecule has 32 heavy (non-hydrogen) atoms. The van der Waals surface area contributed by atoms with E-state index < -0.39 is 0 Å². The van der Waals surface area contributed by atoms with Gasteiger partial charge >= 0.3 is 5.88 Å². The molecule has 0 aliphatic rings. The van der Waals surface area contributed by atoms with Crippen LogP contribution in [0.1, 0.15) is 10.4 Å². The molecule has 0 saturated carbocycles. The van der Waals surface area contributed by atoms with Gasteiger partial charge in [-0.2, -0.15) is 4.57 Å². The Bertz CT molecular complexity index is 1580. The van der Waals surface area contributed by atoms with Crippen molar-refractivity contribution in [1.29, 1.82) is 0 Å². The Morgan fingerprint density at radius 1 is 0.781 bits per heavy atom. The SMILES string of the molecule is O=C(C[n+]1ccncc1Oc1ccc2ccc3cccc4ccc1c2c34)c1ccccc1. The number of aromatic nitrogens is 2. The van der Waals surface area contributed by atoms with Crippen LogP contribution in [0.15, 0.2) is 104 Å². The highest BCUT2D eigenvalue weighted by Gasteiger charge is 2.20. The molecule has 4 nitrogen and oxygen atoms in total. The zero-order valence-electron chi connectivity index (χ0n) is 17.2. The highest BCUT2D eigenvalue weighted by atomic mass is 16.5. The van der Waals surface area contributed by atoms with Gasteiger partial charge in [0.1, 0.15) is 11.9 Å². The van der Waals surface area contributed by atoms with E-state index in [-0.39, 0.29) is 12.3 Å². The number of ether oxygens (including phenoxy) is 1. The van der Waals surface area contributed by atoms with Crippen LogP contribution in [0.3, 0.4) is 0 Å². The van der Waals surface area contributed by atoms with E-state index in [0.717, 1.165) is 11.1 Å². The van der Waals surface area contributed by atoms with Crippen LogP contribution >= 0.6 is 0 Å². The van der Waals surface area contributed by atoms with Crippen LogP contribution in [0.2, 0.25) is 0 Å². The summed E-state index contributed by atoms with van der Waals surface area (Å²) in [5.41, 5.74) is 0.672. The maximum Gasteiger partial charge on any atom is 0.392 e. The van der Waals surface area contributed by atoms with E-state index in [1.165, 1.54) is 26.9 Å². The lowest BCUT2D eigenvalue weighted by Gasteiger charge is -2.13. The molecule has 0 amide bonds. The molecular weight excluding hydrogens is 396 g/mol. The van der Waals surface area contributed by atoms with E-state index in [1.807, 2.05) is 36.4 Å². The van der Waals surface area contributed by atoms with Crippen molar-refractivity contribution in [2.24, 2.45) is 0 Å². The summed E-state index contributed by atoms with van der Waals surface area (Å²) >= 11 is 0. The van der Waals surface area contributed by atoms with Gasteiger partial charge < -0.3 is 4.74 Å². The van der Waals surface area contributed by atoms with Crippen LogP contribution in [0.4, 0.5) is 0 Å². The Kier molecular flexibility index (Phi) is 4.29. The van der Waals surface area contributed by atoms with Crippen molar-refractivity contribution >= 4 is 38.1 Å². The van der Waals surface area contributed by atoms with E-state index in [9.17, 15) is 4.79 Å². The van der Waals surface area contributed by atoms with Gasteiger partial charge in [-0.05, 0) is 33.7 Å². The van der Waals surface area contributed by atoms with Crippen LogP contribution in [0.5, 0.6) is 11.6 Å². The fourth-order valence-corrected chi connectivity index (χ4v) is 4.37. The first kappa shape index (κ1) is 18.5. The first-order chi connectivity index (χ1) is 15.8. The molecule has 0 spiro atoms. The van der Waals surface area contributed by atoms with Crippen molar-refractivity contribution in [2.45, 2.75) is 6.54 Å². The topological polar surface area (TPSA) is 43.1 Å². The molecule has 0 aliphatic heterocycles. The van der Waals surface area contributed by atoms with E-state index in [2.05, 4.69) is 53.5 Å². The summed E-state index contributed by atoms with van der Waals surface area (Å²) in [6, 6.07) is 28.3. The quantitative estimate of drug-likeness (QED) is 0.199. The lowest BCUT2D eigenvalue weighted by Crippen LogP contribution is -2.39. The Morgan fingerprint density at radius 2 is 1.50 bits per heavy atom. The minimum atomic E-state index is 0.0158. The van der Waals surface area contributed by atoms with Gasteiger partial charge in [0.05, 0.1) is 6.20 Å². The number of ketones is 1. The van der Waals surface area contributed by atoms with Gasteiger partial charge in [0, 0.05) is 16.3 Å². The van der Waals surface area contributed by atoms with Crippen LogP contribution in [0, 0.1) is 0 Å². The van der Waals surface area contributed by atoms with Crippen molar-refractivity contribution < 1.29 is 14.1 Å². The van der Waals surface area contributed by atoms with E-state index >= 15 is 0 Å². The van der Waals surface area contributed by atoms with Crippen molar-refractivity contribution in [3.8, 4) is 11.6 Å². The fraction of sp³-hybridized carbons (Fsp3) is 0.0357. The molecule has 152 valence electrons. The third kappa shape index (κ3) is 3.05. The van der Waals surface area contributed by atoms with Crippen LogP contribution in [-0.4, -0.2) is 10.8 Å². The summed E-state index contributed by atoms with van der Waals surface area (Å²) in [4.78, 5) is 17.0. The Balaban J connectivity index is 1.43. The maximum atomic E-state index is 12.8. The number of hydrogen-bond donors (Lipinski definition) is 0. The minimum absolute atomic E-state index is 0.0158. The smallest absolute Gasteiger partial charge is 0.392 e. The molecule has 4 heteroatoms. The number of benzene rings is 5. The highest BCUT2D eigenvalue weighted by Crippen LogP contribution is 2.39. The Morgan fingerprint density at radius 3 is 2.31 bits per heavy atom. The first-order valence-corrected chi connectivity index (χ1v) is 10.5. The second-order valence-electron chi connectivity index (χ2n) is 7.85. The second kappa shape index (κ2) is 7.43. The van der Waals surface area contributed by atoms with Gasteiger partial charge in [-0.3, -0.25) is 4.79 Å². The lowest BCUT2D eigenvalue weighted by atomic mass is 9.94. The van der Waals surface area contributed by atoms with Crippen LogP contribution in [0.25, 0.3) is 32.3 Å². The third-order valence-electron chi connectivity index (χ3n) is 5.91. The average Bonchev–Trinajstić information content (AvgIpc) is 2.85. The molecule has 6 aromatic rings. The van der Waals surface area contributed by atoms with Crippen LogP contribution in [-0.2, 0) is 6.54 Å². The Hall–Kier alpha value is -4.31. The van der Waals surface area contributed by atoms with Gasteiger partial charge in [-0.15, -0.1) is 0 Å². The number of carbonyl (C=O) groups is 1. The molecule has 0 N–H and O–H groups in total.